The molecular weight excluding hydrogens is 162 g/mol. The van der Waals surface area contributed by atoms with Crippen LogP contribution in [0, 0.1) is 5.92 Å². The molecule has 0 spiro atoms. The maximum Gasteiger partial charge on any atom is 0.0869 e. The van der Waals surface area contributed by atoms with Gasteiger partial charge in [-0.05, 0) is 6.07 Å². The SMILES string of the molecule is C=CC(C)C(O)c1ccccc1N. The molecule has 0 aliphatic rings. The van der Waals surface area contributed by atoms with Gasteiger partial charge in [0.2, 0.25) is 0 Å². The molecule has 2 nitrogen and oxygen atoms in total. The van der Waals surface area contributed by atoms with Crippen LogP contribution in [0.15, 0.2) is 36.9 Å². The number of rotatable bonds is 3. The highest BCUT2D eigenvalue weighted by atomic mass is 16.3. The quantitative estimate of drug-likeness (QED) is 0.548. The molecule has 1 rings (SSSR count). The van der Waals surface area contributed by atoms with Crippen molar-refractivity contribution in [3.63, 3.8) is 0 Å². The maximum atomic E-state index is 9.82. The number of benzene rings is 1. The Bertz CT molecular complexity index is 296. The molecular formula is C11H15NO. The van der Waals surface area contributed by atoms with Crippen LogP contribution in [0.25, 0.3) is 0 Å². The summed E-state index contributed by atoms with van der Waals surface area (Å²) in [5.41, 5.74) is 7.12. The highest BCUT2D eigenvalue weighted by molar-refractivity contribution is 5.47. The number of aliphatic hydroxyl groups is 1. The van der Waals surface area contributed by atoms with Gasteiger partial charge in [0.1, 0.15) is 0 Å². The van der Waals surface area contributed by atoms with Crippen LogP contribution in [-0.4, -0.2) is 5.11 Å². The first kappa shape index (κ1) is 9.81. The van der Waals surface area contributed by atoms with Gasteiger partial charge < -0.3 is 10.8 Å². The smallest absolute Gasteiger partial charge is 0.0869 e. The summed E-state index contributed by atoms with van der Waals surface area (Å²) in [6.07, 6.45) is 1.16. The van der Waals surface area contributed by atoms with Crippen LogP contribution in [0.3, 0.4) is 0 Å². The second-order valence-corrected chi connectivity index (χ2v) is 3.17. The van der Waals surface area contributed by atoms with Crippen LogP contribution in [0.1, 0.15) is 18.6 Å². The summed E-state index contributed by atoms with van der Waals surface area (Å²) in [5.74, 6) is 0.0182. The van der Waals surface area contributed by atoms with Crippen LogP contribution in [-0.2, 0) is 0 Å². The lowest BCUT2D eigenvalue weighted by Crippen LogP contribution is -2.08. The van der Waals surface area contributed by atoms with Crippen LogP contribution >= 0.6 is 0 Å². The number of anilines is 1. The average molecular weight is 177 g/mol. The summed E-state index contributed by atoms with van der Waals surface area (Å²) in [7, 11) is 0. The van der Waals surface area contributed by atoms with Gasteiger partial charge >= 0.3 is 0 Å². The van der Waals surface area contributed by atoms with E-state index in [2.05, 4.69) is 6.58 Å². The van der Waals surface area contributed by atoms with Crippen LogP contribution in [0.2, 0.25) is 0 Å². The van der Waals surface area contributed by atoms with Crippen molar-refractivity contribution >= 4 is 5.69 Å². The van der Waals surface area contributed by atoms with Gasteiger partial charge in [-0.2, -0.15) is 0 Å². The lowest BCUT2D eigenvalue weighted by molar-refractivity contribution is 0.140. The highest BCUT2D eigenvalue weighted by Gasteiger charge is 2.14. The molecule has 70 valence electrons. The van der Waals surface area contributed by atoms with Crippen LogP contribution < -0.4 is 5.73 Å². The Morgan fingerprint density at radius 3 is 2.62 bits per heavy atom. The van der Waals surface area contributed by atoms with Crippen molar-refractivity contribution in [1.82, 2.24) is 0 Å². The summed E-state index contributed by atoms with van der Waals surface area (Å²) in [5, 5.41) is 9.82. The first-order chi connectivity index (χ1) is 6.16. The fourth-order valence-electron chi connectivity index (χ4n) is 1.19. The van der Waals surface area contributed by atoms with E-state index in [1.807, 2.05) is 25.1 Å². The maximum absolute atomic E-state index is 9.82. The summed E-state index contributed by atoms with van der Waals surface area (Å²) in [6, 6.07) is 7.34. The van der Waals surface area contributed by atoms with Gasteiger partial charge in [0.25, 0.3) is 0 Å². The van der Waals surface area contributed by atoms with E-state index in [9.17, 15) is 5.11 Å². The minimum absolute atomic E-state index is 0.0182. The molecule has 0 saturated heterocycles. The minimum atomic E-state index is -0.557. The van der Waals surface area contributed by atoms with Crippen molar-refractivity contribution in [2.45, 2.75) is 13.0 Å². The molecule has 0 bridgehead atoms. The average Bonchev–Trinajstić information content (AvgIpc) is 2.16. The van der Waals surface area contributed by atoms with Gasteiger partial charge in [-0.1, -0.05) is 31.2 Å². The molecule has 3 N–H and O–H groups in total. The Balaban J connectivity index is 2.94. The number of nitrogen functional groups attached to an aromatic ring is 1. The highest BCUT2D eigenvalue weighted by Crippen LogP contribution is 2.26. The first-order valence-electron chi connectivity index (χ1n) is 4.32. The third kappa shape index (κ3) is 2.10. The van der Waals surface area contributed by atoms with Gasteiger partial charge in [-0.25, -0.2) is 0 Å². The lowest BCUT2D eigenvalue weighted by atomic mass is 9.96. The molecule has 2 atom stereocenters. The molecule has 0 aliphatic carbocycles. The number of hydrogen-bond donors (Lipinski definition) is 2. The van der Waals surface area contributed by atoms with E-state index in [4.69, 9.17) is 5.73 Å². The normalized spacial score (nSPS) is 14.9. The van der Waals surface area contributed by atoms with E-state index in [0.29, 0.717) is 5.69 Å². The van der Waals surface area contributed by atoms with E-state index >= 15 is 0 Å². The third-order valence-corrected chi connectivity index (χ3v) is 2.18. The molecule has 0 radical (unpaired) electrons. The molecule has 0 aliphatic heterocycles. The molecule has 1 aromatic rings. The molecule has 0 heterocycles. The van der Waals surface area contributed by atoms with Gasteiger partial charge in [0.15, 0.2) is 0 Å². The van der Waals surface area contributed by atoms with E-state index < -0.39 is 6.10 Å². The fraction of sp³-hybridized carbons (Fsp3) is 0.273. The number of aliphatic hydroxyl groups excluding tert-OH is 1. The predicted molar refractivity (Wildman–Crippen MR) is 55.2 cm³/mol. The Hall–Kier alpha value is -1.28. The van der Waals surface area contributed by atoms with Crippen molar-refractivity contribution in [3.8, 4) is 0 Å². The Kier molecular flexibility index (Phi) is 3.09. The summed E-state index contributed by atoms with van der Waals surface area (Å²) < 4.78 is 0. The number of hydrogen-bond acceptors (Lipinski definition) is 2. The summed E-state index contributed by atoms with van der Waals surface area (Å²) in [4.78, 5) is 0. The molecule has 2 heteroatoms. The van der Waals surface area contributed by atoms with E-state index in [1.54, 1.807) is 12.1 Å². The second kappa shape index (κ2) is 4.10. The van der Waals surface area contributed by atoms with Crippen molar-refractivity contribution in [1.29, 1.82) is 0 Å². The lowest BCUT2D eigenvalue weighted by Gasteiger charge is -2.17. The molecule has 0 saturated carbocycles. The van der Waals surface area contributed by atoms with Crippen molar-refractivity contribution in [2.24, 2.45) is 5.92 Å². The number of para-hydroxylation sites is 1. The third-order valence-electron chi connectivity index (χ3n) is 2.18. The topological polar surface area (TPSA) is 46.2 Å². The van der Waals surface area contributed by atoms with Gasteiger partial charge in [-0.15, -0.1) is 6.58 Å². The first-order valence-corrected chi connectivity index (χ1v) is 4.32. The minimum Gasteiger partial charge on any atom is -0.398 e. The van der Waals surface area contributed by atoms with Crippen molar-refractivity contribution in [2.75, 3.05) is 5.73 Å². The summed E-state index contributed by atoms with van der Waals surface area (Å²) >= 11 is 0. The Labute approximate surface area is 78.7 Å². The van der Waals surface area contributed by atoms with Crippen LogP contribution in [0.4, 0.5) is 5.69 Å². The molecule has 2 unspecified atom stereocenters. The van der Waals surface area contributed by atoms with Crippen LogP contribution in [0.5, 0.6) is 0 Å². The zero-order chi connectivity index (χ0) is 9.84. The largest absolute Gasteiger partial charge is 0.398 e. The molecule has 0 amide bonds. The molecule has 0 fully saturated rings. The molecule has 0 aromatic heterocycles. The molecule has 1 aromatic carbocycles. The van der Waals surface area contributed by atoms with E-state index in [-0.39, 0.29) is 5.92 Å². The summed E-state index contributed by atoms with van der Waals surface area (Å²) in [6.45, 7) is 5.54. The fourth-order valence-corrected chi connectivity index (χ4v) is 1.19. The van der Waals surface area contributed by atoms with Gasteiger partial charge in [0, 0.05) is 17.2 Å². The Morgan fingerprint density at radius 1 is 1.46 bits per heavy atom. The van der Waals surface area contributed by atoms with Gasteiger partial charge in [0.05, 0.1) is 6.10 Å². The zero-order valence-electron chi connectivity index (χ0n) is 7.77. The predicted octanol–water partition coefficient (Wildman–Crippen LogP) is 2.12. The zero-order valence-corrected chi connectivity index (χ0v) is 7.77. The van der Waals surface area contributed by atoms with E-state index in [1.165, 1.54) is 0 Å². The Morgan fingerprint density at radius 2 is 2.08 bits per heavy atom. The monoisotopic (exact) mass is 177 g/mol. The molecule has 13 heavy (non-hydrogen) atoms. The number of nitrogens with two attached hydrogens (primary N) is 1. The van der Waals surface area contributed by atoms with Crippen molar-refractivity contribution < 1.29 is 5.11 Å². The van der Waals surface area contributed by atoms with Gasteiger partial charge in [-0.3, -0.25) is 0 Å². The standard InChI is InChI=1S/C11H15NO/c1-3-8(2)11(13)9-6-4-5-7-10(9)12/h3-8,11,13H,1,12H2,2H3. The van der Waals surface area contributed by atoms with Crippen molar-refractivity contribution in [3.05, 3.63) is 42.5 Å². The van der Waals surface area contributed by atoms with E-state index in [0.717, 1.165) is 5.56 Å². The second-order valence-electron chi connectivity index (χ2n) is 3.17.